The van der Waals surface area contributed by atoms with Gasteiger partial charge in [-0.25, -0.2) is 4.39 Å². The third-order valence-electron chi connectivity index (χ3n) is 3.53. The fourth-order valence-electron chi connectivity index (χ4n) is 2.09. The molecule has 16 heavy (non-hydrogen) atoms. The average molecular weight is 223 g/mol. The van der Waals surface area contributed by atoms with Crippen LogP contribution in [0.15, 0.2) is 18.2 Å². The van der Waals surface area contributed by atoms with E-state index in [1.54, 1.807) is 6.07 Å². The maximum atomic E-state index is 13.3. The standard InChI is InChI=1S/C14H22FN/c1-6-14(3,4)13(16-5)12-9-11(15)8-7-10(12)2/h7-9,13,16H,6H2,1-5H3. The Morgan fingerprint density at radius 3 is 2.50 bits per heavy atom. The van der Waals surface area contributed by atoms with E-state index >= 15 is 0 Å². The van der Waals surface area contributed by atoms with Gasteiger partial charge in [0, 0.05) is 6.04 Å². The summed E-state index contributed by atoms with van der Waals surface area (Å²) in [5, 5.41) is 3.31. The quantitative estimate of drug-likeness (QED) is 0.818. The lowest BCUT2D eigenvalue weighted by molar-refractivity contribution is 0.244. The van der Waals surface area contributed by atoms with Crippen molar-refractivity contribution in [3.63, 3.8) is 0 Å². The Morgan fingerprint density at radius 1 is 1.38 bits per heavy atom. The Kier molecular flexibility index (Phi) is 4.09. The Hall–Kier alpha value is -0.890. The van der Waals surface area contributed by atoms with E-state index in [0.717, 1.165) is 17.5 Å². The fourth-order valence-corrected chi connectivity index (χ4v) is 2.09. The van der Waals surface area contributed by atoms with Crippen molar-refractivity contribution in [3.05, 3.63) is 35.1 Å². The highest BCUT2D eigenvalue weighted by atomic mass is 19.1. The van der Waals surface area contributed by atoms with Gasteiger partial charge in [-0.05, 0) is 49.1 Å². The lowest BCUT2D eigenvalue weighted by atomic mass is 9.77. The van der Waals surface area contributed by atoms with Crippen molar-refractivity contribution in [2.45, 2.75) is 40.2 Å². The maximum Gasteiger partial charge on any atom is 0.123 e. The molecule has 1 aromatic carbocycles. The van der Waals surface area contributed by atoms with E-state index in [-0.39, 0.29) is 17.3 Å². The second kappa shape index (κ2) is 4.96. The smallest absolute Gasteiger partial charge is 0.123 e. The Morgan fingerprint density at radius 2 is 2.00 bits per heavy atom. The molecule has 1 nitrogen and oxygen atoms in total. The first-order valence-electron chi connectivity index (χ1n) is 5.85. The van der Waals surface area contributed by atoms with Crippen molar-refractivity contribution in [1.82, 2.24) is 5.32 Å². The van der Waals surface area contributed by atoms with E-state index in [1.807, 2.05) is 20.0 Å². The van der Waals surface area contributed by atoms with Gasteiger partial charge < -0.3 is 5.32 Å². The van der Waals surface area contributed by atoms with E-state index in [4.69, 9.17) is 0 Å². The lowest BCUT2D eigenvalue weighted by Gasteiger charge is -2.34. The van der Waals surface area contributed by atoms with E-state index in [1.165, 1.54) is 6.07 Å². The molecule has 1 aromatic rings. The van der Waals surface area contributed by atoms with Gasteiger partial charge in [-0.2, -0.15) is 0 Å². The largest absolute Gasteiger partial charge is 0.313 e. The van der Waals surface area contributed by atoms with Crippen molar-refractivity contribution in [1.29, 1.82) is 0 Å². The Bertz CT molecular complexity index is 358. The molecular weight excluding hydrogens is 201 g/mol. The van der Waals surface area contributed by atoms with E-state index in [0.29, 0.717) is 0 Å². The van der Waals surface area contributed by atoms with E-state index < -0.39 is 0 Å². The van der Waals surface area contributed by atoms with Crippen molar-refractivity contribution in [2.75, 3.05) is 7.05 Å². The molecule has 1 unspecified atom stereocenters. The van der Waals surface area contributed by atoms with Gasteiger partial charge in [0.25, 0.3) is 0 Å². The van der Waals surface area contributed by atoms with Crippen LogP contribution in [0.25, 0.3) is 0 Å². The van der Waals surface area contributed by atoms with Crippen molar-refractivity contribution in [2.24, 2.45) is 5.41 Å². The molecule has 2 heteroatoms. The summed E-state index contributed by atoms with van der Waals surface area (Å²) in [4.78, 5) is 0. The molecule has 0 aliphatic heterocycles. The number of halogens is 1. The van der Waals surface area contributed by atoms with Gasteiger partial charge in [-0.3, -0.25) is 0 Å². The van der Waals surface area contributed by atoms with Crippen LogP contribution in [0, 0.1) is 18.2 Å². The van der Waals surface area contributed by atoms with Crippen LogP contribution in [0.4, 0.5) is 4.39 Å². The van der Waals surface area contributed by atoms with Gasteiger partial charge in [0.2, 0.25) is 0 Å². The second-order valence-corrected chi connectivity index (χ2v) is 5.06. The summed E-state index contributed by atoms with van der Waals surface area (Å²) in [5.41, 5.74) is 2.32. The topological polar surface area (TPSA) is 12.0 Å². The van der Waals surface area contributed by atoms with Crippen LogP contribution in [-0.4, -0.2) is 7.05 Å². The number of hydrogen-bond acceptors (Lipinski definition) is 1. The summed E-state index contributed by atoms with van der Waals surface area (Å²) in [5.74, 6) is -0.159. The normalized spacial score (nSPS) is 13.9. The average Bonchev–Trinajstić information content (AvgIpc) is 2.24. The third kappa shape index (κ3) is 2.62. The van der Waals surface area contributed by atoms with Crippen molar-refractivity contribution in [3.8, 4) is 0 Å². The van der Waals surface area contributed by atoms with Crippen LogP contribution in [0.2, 0.25) is 0 Å². The Balaban J connectivity index is 3.18. The fraction of sp³-hybridized carbons (Fsp3) is 0.571. The molecule has 0 bridgehead atoms. The molecule has 0 fully saturated rings. The van der Waals surface area contributed by atoms with Crippen molar-refractivity contribution < 1.29 is 4.39 Å². The van der Waals surface area contributed by atoms with Gasteiger partial charge in [0.1, 0.15) is 5.82 Å². The Labute approximate surface area is 98.1 Å². The summed E-state index contributed by atoms with van der Waals surface area (Å²) in [7, 11) is 1.94. The van der Waals surface area contributed by atoms with Crippen LogP contribution >= 0.6 is 0 Å². The van der Waals surface area contributed by atoms with Crippen LogP contribution < -0.4 is 5.32 Å². The predicted octanol–water partition coefficient (Wildman–Crippen LogP) is 3.83. The van der Waals surface area contributed by atoms with Gasteiger partial charge in [-0.15, -0.1) is 0 Å². The molecule has 0 radical (unpaired) electrons. The molecule has 0 heterocycles. The number of hydrogen-bond donors (Lipinski definition) is 1. The third-order valence-corrected chi connectivity index (χ3v) is 3.53. The van der Waals surface area contributed by atoms with E-state index in [2.05, 4.69) is 26.1 Å². The van der Waals surface area contributed by atoms with Crippen molar-refractivity contribution >= 4 is 0 Å². The summed E-state index contributed by atoms with van der Waals surface area (Å²) >= 11 is 0. The number of rotatable bonds is 4. The first-order chi connectivity index (χ1) is 7.42. The molecule has 0 saturated heterocycles. The molecule has 0 spiro atoms. The highest BCUT2D eigenvalue weighted by Crippen LogP contribution is 2.37. The minimum atomic E-state index is -0.159. The second-order valence-electron chi connectivity index (χ2n) is 5.06. The zero-order chi connectivity index (χ0) is 12.3. The van der Waals surface area contributed by atoms with Crippen LogP contribution in [0.5, 0.6) is 0 Å². The van der Waals surface area contributed by atoms with Gasteiger partial charge >= 0.3 is 0 Å². The van der Waals surface area contributed by atoms with Gasteiger partial charge in [0.15, 0.2) is 0 Å². The zero-order valence-corrected chi connectivity index (χ0v) is 10.9. The minimum Gasteiger partial charge on any atom is -0.313 e. The summed E-state index contributed by atoms with van der Waals surface area (Å²) in [6.07, 6.45) is 1.05. The van der Waals surface area contributed by atoms with Crippen LogP contribution in [0.1, 0.15) is 44.4 Å². The van der Waals surface area contributed by atoms with Crippen LogP contribution in [0.3, 0.4) is 0 Å². The minimum absolute atomic E-state index is 0.118. The SMILES string of the molecule is CCC(C)(C)C(NC)c1cc(F)ccc1C. The lowest BCUT2D eigenvalue weighted by Crippen LogP contribution is -2.32. The molecule has 0 aliphatic carbocycles. The molecule has 0 aromatic heterocycles. The maximum absolute atomic E-state index is 13.3. The van der Waals surface area contributed by atoms with Gasteiger partial charge in [0.05, 0.1) is 0 Å². The van der Waals surface area contributed by atoms with Gasteiger partial charge in [-0.1, -0.05) is 26.8 Å². The van der Waals surface area contributed by atoms with Crippen LogP contribution in [-0.2, 0) is 0 Å². The number of benzene rings is 1. The zero-order valence-electron chi connectivity index (χ0n) is 10.9. The highest BCUT2D eigenvalue weighted by molar-refractivity contribution is 5.30. The molecule has 0 aliphatic rings. The molecular formula is C14H22FN. The molecule has 1 N–H and O–H groups in total. The van der Waals surface area contributed by atoms with E-state index in [9.17, 15) is 4.39 Å². The number of nitrogens with one attached hydrogen (secondary N) is 1. The monoisotopic (exact) mass is 223 g/mol. The first kappa shape index (κ1) is 13.2. The molecule has 1 atom stereocenters. The molecule has 0 saturated carbocycles. The molecule has 0 amide bonds. The summed E-state index contributed by atoms with van der Waals surface area (Å²) < 4.78 is 13.3. The summed E-state index contributed by atoms with van der Waals surface area (Å²) in [6.45, 7) is 8.61. The number of aryl methyl sites for hydroxylation is 1. The molecule has 90 valence electrons. The summed E-state index contributed by atoms with van der Waals surface area (Å²) in [6, 6.07) is 5.20. The predicted molar refractivity (Wildman–Crippen MR) is 67.0 cm³/mol. The molecule has 1 rings (SSSR count). The highest BCUT2D eigenvalue weighted by Gasteiger charge is 2.28. The first-order valence-corrected chi connectivity index (χ1v) is 5.85.